The summed E-state index contributed by atoms with van der Waals surface area (Å²) >= 11 is 0. The zero-order valence-electron chi connectivity index (χ0n) is 15.7. The monoisotopic (exact) mass is 375 g/mol. The van der Waals surface area contributed by atoms with E-state index in [2.05, 4.69) is 20.8 Å². The maximum atomic E-state index is 12.9. The van der Waals surface area contributed by atoms with Gasteiger partial charge in [-0.05, 0) is 40.8 Å². The Morgan fingerprint density at radius 1 is 0.962 bits per heavy atom. The number of hydrogen-bond acceptors (Lipinski definition) is 4. The van der Waals surface area contributed by atoms with E-state index in [1.807, 2.05) is 30.3 Å². The molecule has 1 heterocycles. The summed E-state index contributed by atoms with van der Waals surface area (Å²) in [5.74, 6) is 1.36. The Morgan fingerprint density at radius 2 is 1.58 bits per heavy atom. The maximum Gasteiger partial charge on any atom is 0.243 e. The lowest BCUT2D eigenvalue weighted by Crippen LogP contribution is -2.26. The van der Waals surface area contributed by atoms with Crippen LogP contribution in [-0.2, 0) is 22.0 Å². The molecule has 6 heteroatoms. The van der Waals surface area contributed by atoms with Gasteiger partial charge in [0.2, 0.25) is 10.0 Å². The van der Waals surface area contributed by atoms with Crippen molar-refractivity contribution in [2.75, 3.05) is 20.3 Å². The van der Waals surface area contributed by atoms with E-state index in [4.69, 9.17) is 9.47 Å². The minimum Gasteiger partial charge on any atom is -0.486 e. The third kappa shape index (κ3) is 3.86. The molecule has 2 aromatic rings. The van der Waals surface area contributed by atoms with Crippen LogP contribution < -0.4 is 9.47 Å². The van der Waals surface area contributed by atoms with Crippen LogP contribution in [-0.4, -0.2) is 33.0 Å². The fourth-order valence-corrected chi connectivity index (χ4v) is 3.99. The molecule has 0 aliphatic carbocycles. The summed E-state index contributed by atoms with van der Waals surface area (Å²) < 4.78 is 38.1. The fourth-order valence-electron chi connectivity index (χ4n) is 2.84. The molecule has 5 nitrogen and oxygen atoms in total. The van der Waals surface area contributed by atoms with Crippen LogP contribution in [0.4, 0.5) is 0 Å². The van der Waals surface area contributed by atoms with Crippen molar-refractivity contribution in [3.05, 3.63) is 53.6 Å². The van der Waals surface area contributed by atoms with Crippen molar-refractivity contribution in [3.63, 3.8) is 0 Å². The molecule has 0 saturated heterocycles. The first kappa shape index (κ1) is 18.7. The van der Waals surface area contributed by atoms with Crippen molar-refractivity contribution in [3.8, 4) is 11.5 Å². The molecule has 0 unspecified atom stereocenters. The first-order chi connectivity index (χ1) is 12.2. The molecule has 0 bridgehead atoms. The van der Waals surface area contributed by atoms with Crippen LogP contribution in [0.2, 0.25) is 0 Å². The average molecular weight is 375 g/mol. The van der Waals surface area contributed by atoms with E-state index in [1.54, 1.807) is 19.2 Å². The van der Waals surface area contributed by atoms with Gasteiger partial charge in [-0.1, -0.05) is 39.0 Å². The minimum atomic E-state index is -3.56. The fraction of sp³-hybridized carbons (Fsp3) is 0.400. The Kier molecular flexibility index (Phi) is 4.99. The third-order valence-electron chi connectivity index (χ3n) is 4.44. The number of fused-ring (bicyclic) bond motifs is 1. The van der Waals surface area contributed by atoms with Gasteiger partial charge in [0.25, 0.3) is 0 Å². The summed E-state index contributed by atoms with van der Waals surface area (Å²) in [7, 11) is -1.97. The molecule has 0 saturated carbocycles. The SMILES string of the molecule is CN(Cc1ccc2c(c1)OCCO2)S(=O)(=O)c1ccc(C(C)(C)C)cc1. The van der Waals surface area contributed by atoms with Crippen molar-refractivity contribution in [2.24, 2.45) is 0 Å². The molecule has 2 aromatic carbocycles. The van der Waals surface area contributed by atoms with Gasteiger partial charge in [-0.25, -0.2) is 8.42 Å². The Hall–Kier alpha value is -2.05. The van der Waals surface area contributed by atoms with E-state index >= 15 is 0 Å². The largest absolute Gasteiger partial charge is 0.486 e. The summed E-state index contributed by atoms with van der Waals surface area (Å²) in [6.07, 6.45) is 0. The molecule has 0 amide bonds. The zero-order valence-corrected chi connectivity index (χ0v) is 16.5. The van der Waals surface area contributed by atoms with E-state index in [9.17, 15) is 8.42 Å². The number of sulfonamides is 1. The van der Waals surface area contributed by atoms with E-state index < -0.39 is 10.0 Å². The third-order valence-corrected chi connectivity index (χ3v) is 6.26. The summed E-state index contributed by atoms with van der Waals surface area (Å²) in [6, 6.07) is 12.6. The molecule has 0 aromatic heterocycles. The Balaban J connectivity index is 1.79. The van der Waals surface area contributed by atoms with Crippen molar-refractivity contribution >= 4 is 10.0 Å². The van der Waals surface area contributed by atoms with Crippen molar-refractivity contribution in [1.29, 1.82) is 0 Å². The first-order valence-corrected chi connectivity index (χ1v) is 10.1. The predicted molar refractivity (Wildman–Crippen MR) is 101 cm³/mol. The van der Waals surface area contributed by atoms with Crippen LogP contribution in [0.1, 0.15) is 31.9 Å². The van der Waals surface area contributed by atoms with Crippen LogP contribution >= 0.6 is 0 Å². The van der Waals surface area contributed by atoms with Crippen molar-refractivity contribution in [2.45, 2.75) is 37.6 Å². The highest BCUT2D eigenvalue weighted by atomic mass is 32.2. The zero-order chi connectivity index (χ0) is 18.9. The minimum absolute atomic E-state index is 0.0145. The van der Waals surface area contributed by atoms with E-state index in [-0.39, 0.29) is 12.0 Å². The molecule has 0 fully saturated rings. The van der Waals surface area contributed by atoms with Gasteiger partial charge >= 0.3 is 0 Å². The second-order valence-corrected chi connectivity index (χ2v) is 9.56. The predicted octanol–water partition coefficient (Wildman–Crippen LogP) is 3.58. The number of ether oxygens (including phenoxy) is 2. The van der Waals surface area contributed by atoms with Crippen LogP contribution in [0.5, 0.6) is 11.5 Å². The summed E-state index contributed by atoms with van der Waals surface area (Å²) in [6.45, 7) is 7.61. The van der Waals surface area contributed by atoms with Gasteiger partial charge in [0.05, 0.1) is 4.90 Å². The van der Waals surface area contributed by atoms with Crippen molar-refractivity contribution in [1.82, 2.24) is 4.31 Å². The van der Waals surface area contributed by atoms with Gasteiger partial charge in [0.15, 0.2) is 11.5 Å². The molecule has 1 aliphatic heterocycles. The van der Waals surface area contributed by atoms with Crippen LogP contribution in [0, 0.1) is 0 Å². The molecule has 0 spiro atoms. The molecule has 1 aliphatic rings. The molecular weight excluding hydrogens is 350 g/mol. The Bertz CT molecular complexity index is 883. The normalized spacial score (nSPS) is 14.5. The number of rotatable bonds is 4. The van der Waals surface area contributed by atoms with Gasteiger partial charge in [-0.2, -0.15) is 4.31 Å². The van der Waals surface area contributed by atoms with E-state index in [1.165, 1.54) is 4.31 Å². The Morgan fingerprint density at radius 3 is 2.19 bits per heavy atom. The van der Waals surface area contributed by atoms with E-state index in [0.717, 1.165) is 11.1 Å². The second-order valence-electron chi connectivity index (χ2n) is 7.51. The van der Waals surface area contributed by atoms with Crippen molar-refractivity contribution < 1.29 is 17.9 Å². The standard InChI is InChI=1S/C20H25NO4S/c1-20(2,3)16-6-8-17(9-7-16)26(22,23)21(4)14-15-5-10-18-19(13-15)25-12-11-24-18/h5-10,13H,11-12,14H2,1-4H3. The van der Waals surface area contributed by atoms with Gasteiger partial charge < -0.3 is 9.47 Å². The highest BCUT2D eigenvalue weighted by Crippen LogP contribution is 2.31. The average Bonchev–Trinajstić information content (AvgIpc) is 2.61. The molecule has 140 valence electrons. The van der Waals surface area contributed by atoms with E-state index in [0.29, 0.717) is 29.6 Å². The summed E-state index contributed by atoms with van der Waals surface area (Å²) in [5.41, 5.74) is 1.94. The van der Waals surface area contributed by atoms with Crippen LogP contribution in [0.25, 0.3) is 0 Å². The first-order valence-electron chi connectivity index (χ1n) is 8.63. The number of hydrogen-bond donors (Lipinski definition) is 0. The maximum absolute atomic E-state index is 12.9. The lowest BCUT2D eigenvalue weighted by Gasteiger charge is -2.22. The van der Waals surface area contributed by atoms with Gasteiger partial charge in [-0.15, -0.1) is 0 Å². The number of benzene rings is 2. The highest BCUT2D eigenvalue weighted by Gasteiger charge is 2.23. The lowest BCUT2D eigenvalue weighted by molar-refractivity contribution is 0.171. The molecule has 0 radical (unpaired) electrons. The molecule has 3 rings (SSSR count). The summed E-state index contributed by atoms with van der Waals surface area (Å²) in [4.78, 5) is 0.297. The molecular formula is C20H25NO4S. The molecule has 0 N–H and O–H groups in total. The topological polar surface area (TPSA) is 55.8 Å². The van der Waals surface area contributed by atoms with Gasteiger partial charge in [0, 0.05) is 13.6 Å². The second kappa shape index (κ2) is 6.93. The molecule has 0 atom stereocenters. The van der Waals surface area contributed by atoms with Crippen LogP contribution in [0.3, 0.4) is 0 Å². The van der Waals surface area contributed by atoms with Crippen LogP contribution in [0.15, 0.2) is 47.4 Å². The molecule has 26 heavy (non-hydrogen) atoms. The lowest BCUT2D eigenvalue weighted by atomic mass is 9.87. The van der Waals surface area contributed by atoms with Gasteiger partial charge in [0.1, 0.15) is 13.2 Å². The van der Waals surface area contributed by atoms with Gasteiger partial charge in [-0.3, -0.25) is 0 Å². The Labute approximate surface area is 155 Å². The smallest absolute Gasteiger partial charge is 0.243 e. The highest BCUT2D eigenvalue weighted by molar-refractivity contribution is 7.89. The number of nitrogens with zero attached hydrogens (tertiary/aromatic N) is 1. The quantitative estimate of drug-likeness (QED) is 0.820. The summed E-state index contributed by atoms with van der Waals surface area (Å²) in [5, 5.41) is 0.